The summed E-state index contributed by atoms with van der Waals surface area (Å²) in [6, 6.07) is 10.4. The average Bonchev–Trinajstić information content (AvgIpc) is 3.42. The Morgan fingerprint density at radius 1 is 1.38 bits per heavy atom. The SMILES string of the molecule is CCc1ccc(Nc2nnc(SCC(=O)N[C@@](C)(C#N)C3CC3)s2)cc1. The van der Waals surface area contributed by atoms with Crippen LogP contribution in [0, 0.1) is 17.2 Å². The summed E-state index contributed by atoms with van der Waals surface area (Å²) in [5.41, 5.74) is 1.49. The highest BCUT2D eigenvalue weighted by atomic mass is 32.2. The number of hydrogen-bond acceptors (Lipinski definition) is 7. The Labute approximate surface area is 161 Å². The summed E-state index contributed by atoms with van der Waals surface area (Å²) >= 11 is 2.74. The highest BCUT2D eigenvalue weighted by molar-refractivity contribution is 8.01. The lowest BCUT2D eigenvalue weighted by Gasteiger charge is -2.22. The molecule has 1 aromatic carbocycles. The van der Waals surface area contributed by atoms with E-state index in [-0.39, 0.29) is 17.6 Å². The standard InChI is InChI=1S/C18H21N5OS2/c1-3-12-4-8-14(9-5-12)20-16-22-23-17(26-16)25-10-15(24)21-18(2,11-19)13-6-7-13/h4-5,8-9,13H,3,6-7,10H2,1-2H3,(H,20,22)(H,21,24)/t18-/m0/s1. The minimum Gasteiger partial charge on any atom is -0.337 e. The highest BCUT2D eigenvalue weighted by Gasteiger charge is 2.42. The number of amides is 1. The number of nitrogens with zero attached hydrogens (tertiary/aromatic N) is 3. The van der Waals surface area contributed by atoms with Gasteiger partial charge < -0.3 is 10.6 Å². The molecular weight excluding hydrogens is 366 g/mol. The number of thioether (sulfide) groups is 1. The molecule has 1 saturated carbocycles. The van der Waals surface area contributed by atoms with Gasteiger partial charge in [0.25, 0.3) is 0 Å². The Bertz CT molecular complexity index is 810. The van der Waals surface area contributed by atoms with Gasteiger partial charge in [-0.25, -0.2) is 0 Å². The quantitative estimate of drug-likeness (QED) is 0.671. The van der Waals surface area contributed by atoms with Gasteiger partial charge >= 0.3 is 0 Å². The molecule has 1 amide bonds. The lowest BCUT2D eigenvalue weighted by Crippen LogP contribution is -2.47. The number of nitriles is 1. The Morgan fingerprint density at radius 3 is 2.73 bits per heavy atom. The molecule has 1 heterocycles. The van der Waals surface area contributed by atoms with Gasteiger partial charge in [-0.1, -0.05) is 42.2 Å². The molecule has 26 heavy (non-hydrogen) atoms. The average molecular weight is 388 g/mol. The van der Waals surface area contributed by atoms with Crippen LogP contribution in [0.15, 0.2) is 28.6 Å². The molecule has 1 aromatic heterocycles. The van der Waals surface area contributed by atoms with Crippen LogP contribution in [0.4, 0.5) is 10.8 Å². The first-order valence-electron chi connectivity index (χ1n) is 8.57. The van der Waals surface area contributed by atoms with Gasteiger partial charge in [-0.15, -0.1) is 10.2 Å². The van der Waals surface area contributed by atoms with E-state index in [2.05, 4.69) is 46.0 Å². The summed E-state index contributed by atoms with van der Waals surface area (Å²) in [6.45, 7) is 3.92. The van der Waals surface area contributed by atoms with Crippen molar-refractivity contribution >= 4 is 39.8 Å². The van der Waals surface area contributed by atoms with Gasteiger partial charge in [0.1, 0.15) is 5.54 Å². The molecule has 2 N–H and O–H groups in total. The summed E-state index contributed by atoms with van der Waals surface area (Å²) in [6.07, 6.45) is 3.01. The molecule has 1 atom stereocenters. The van der Waals surface area contributed by atoms with E-state index in [1.54, 1.807) is 6.92 Å². The maximum absolute atomic E-state index is 12.1. The van der Waals surface area contributed by atoms with E-state index in [1.165, 1.54) is 28.7 Å². The maximum Gasteiger partial charge on any atom is 0.231 e. The first-order valence-corrected chi connectivity index (χ1v) is 10.4. The smallest absolute Gasteiger partial charge is 0.231 e. The molecule has 136 valence electrons. The van der Waals surface area contributed by atoms with Gasteiger partial charge in [0.05, 0.1) is 11.8 Å². The Hall–Kier alpha value is -2.11. The van der Waals surface area contributed by atoms with Gasteiger partial charge in [0.2, 0.25) is 11.0 Å². The fourth-order valence-electron chi connectivity index (χ4n) is 2.60. The molecule has 1 aliphatic carbocycles. The number of rotatable bonds is 8. The van der Waals surface area contributed by atoms with Crippen molar-refractivity contribution in [3.8, 4) is 6.07 Å². The molecule has 1 fully saturated rings. The highest BCUT2D eigenvalue weighted by Crippen LogP contribution is 2.39. The zero-order valence-corrected chi connectivity index (χ0v) is 16.4. The second-order valence-corrected chi connectivity index (χ2v) is 8.67. The molecule has 6 nitrogen and oxygen atoms in total. The van der Waals surface area contributed by atoms with Crippen molar-refractivity contribution in [1.82, 2.24) is 15.5 Å². The Kier molecular flexibility index (Phi) is 5.79. The van der Waals surface area contributed by atoms with Gasteiger partial charge in [0, 0.05) is 5.69 Å². The number of carbonyl (C=O) groups is 1. The monoisotopic (exact) mass is 387 g/mol. The van der Waals surface area contributed by atoms with Crippen molar-refractivity contribution in [1.29, 1.82) is 5.26 Å². The van der Waals surface area contributed by atoms with E-state index in [1.807, 2.05) is 12.1 Å². The van der Waals surface area contributed by atoms with Crippen molar-refractivity contribution in [3.63, 3.8) is 0 Å². The minimum atomic E-state index is -0.754. The van der Waals surface area contributed by atoms with E-state index < -0.39 is 5.54 Å². The topological polar surface area (TPSA) is 90.7 Å². The molecule has 3 rings (SSSR count). The van der Waals surface area contributed by atoms with Crippen LogP contribution in [-0.2, 0) is 11.2 Å². The number of aryl methyl sites for hydroxylation is 1. The molecule has 0 aliphatic heterocycles. The summed E-state index contributed by atoms with van der Waals surface area (Å²) in [5, 5.41) is 24.3. The number of carbonyl (C=O) groups excluding carboxylic acids is 1. The number of benzene rings is 1. The van der Waals surface area contributed by atoms with Crippen LogP contribution in [0.1, 0.15) is 32.3 Å². The molecule has 0 saturated heterocycles. The van der Waals surface area contributed by atoms with E-state index in [0.717, 1.165) is 29.3 Å². The third kappa shape index (κ3) is 4.74. The molecule has 2 aromatic rings. The van der Waals surface area contributed by atoms with Crippen LogP contribution in [0.2, 0.25) is 0 Å². The molecule has 0 bridgehead atoms. The third-order valence-electron chi connectivity index (χ3n) is 4.37. The lowest BCUT2D eigenvalue weighted by atomic mass is 9.98. The van der Waals surface area contributed by atoms with Crippen LogP contribution in [0.3, 0.4) is 0 Å². The predicted molar refractivity (Wildman–Crippen MR) is 105 cm³/mol. The maximum atomic E-state index is 12.1. The second kappa shape index (κ2) is 8.06. The van der Waals surface area contributed by atoms with Crippen molar-refractivity contribution in [2.24, 2.45) is 5.92 Å². The molecule has 8 heteroatoms. The number of hydrogen-bond donors (Lipinski definition) is 2. The fraction of sp³-hybridized carbons (Fsp3) is 0.444. The molecule has 0 spiro atoms. The van der Waals surface area contributed by atoms with E-state index in [9.17, 15) is 10.1 Å². The van der Waals surface area contributed by atoms with Gasteiger partial charge in [-0.3, -0.25) is 4.79 Å². The van der Waals surface area contributed by atoms with Crippen LogP contribution in [-0.4, -0.2) is 27.4 Å². The Morgan fingerprint density at radius 2 is 2.12 bits per heavy atom. The van der Waals surface area contributed by atoms with Gasteiger partial charge in [-0.05, 0) is 49.8 Å². The molecule has 0 radical (unpaired) electrons. The molecular formula is C18H21N5OS2. The lowest BCUT2D eigenvalue weighted by molar-refractivity contribution is -0.119. The summed E-state index contributed by atoms with van der Waals surface area (Å²) < 4.78 is 0.720. The fourth-order valence-corrected chi connectivity index (χ4v) is 4.17. The van der Waals surface area contributed by atoms with Crippen LogP contribution in [0.25, 0.3) is 0 Å². The third-order valence-corrected chi connectivity index (χ3v) is 6.34. The van der Waals surface area contributed by atoms with Crippen molar-refractivity contribution in [2.45, 2.75) is 43.0 Å². The van der Waals surface area contributed by atoms with Crippen LogP contribution < -0.4 is 10.6 Å². The van der Waals surface area contributed by atoms with E-state index in [0.29, 0.717) is 5.13 Å². The summed E-state index contributed by atoms with van der Waals surface area (Å²) in [4.78, 5) is 12.1. The zero-order valence-electron chi connectivity index (χ0n) is 14.8. The van der Waals surface area contributed by atoms with Crippen LogP contribution in [0.5, 0.6) is 0 Å². The first-order chi connectivity index (χ1) is 12.5. The largest absolute Gasteiger partial charge is 0.337 e. The van der Waals surface area contributed by atoms with Gasteiger partial charge in [0.15, 0.2) is 4.34 Å². The predicted octanol–water partition coefficient (Wildman–Crippen LogP) is 3.74. The summed E-state index contributed by atoms with van der Waals surface area (Å²) in [5.74, 6) is 0.354. The molecule has 0 unspecified atom stereocenters. The van der Waals surface area contributed by atoms with Gasteiger partial charge in [-0.2, -0.15) is 5.26 Å². The van der Waals surface area contributed by atoms with Crippen LogP contribution >= 0.6 is 23.1 Å². The number of aromatic nitrogens is 2. The number of nitrogens with one attached hydrogen (secondary N) is 2. The van der Waals surface area contributed by atoms with Crippen molar-refractivity contribution < 1.29 is 4.79 Å². The summed E-state index contributed by atoms with van der Waals surface area (Å²) in [7, 11) is 0. The Balaban J connectivity index is 1.50. The minimum absolute atomic E-state index is 0.147. The first kappa shape index (κ1) is 18.7. The number of anilines is 2. The second-order valence-electron chi connectivity index (χ2n) is 6.47. The zero-order chi connectivity index (χ0) is 18.6. The van der Waals surface area contributed by atoms with E-state index >= 15 is 0 Å². The van der Waals surface area contributed by atoms with E-state index in [4.69, 9.17) is 0 Å². The van der Waals surface area contributed by atoms with Crippen molar-refractivity contribution in [2.75, 3.05) is 11.1 Å². The normalized spacial score (nSPS) is 15.7. The van der Waals surface area contributed by atoms with Crippen molar-refractivity contribution in [3.05, 3.63) is 29.8 Å². The molecule has 1 aliphatic rings.